The average molecular weight is 607 g/mol. The van der Waals surface area contributed by atoms with Gasteiger partial charge in [0.1, 0.15) is 17.2 Å². The normalized spacial score (nSPS) is 30.4. The van der Waals surface area contributed by atoms with Crippen LogP contribution in [0.4, 0.5) is 22.0 Å². The van der Waals surface area contributed by atoms with Crippen molar-refractivity contribution in [3.8, 4) is 0 Å². The van der Waals surface area contributed by atoms with Crippen molar-refractivity contribution in [2.45, 2.75) is 75.0 Å². The fourth-order valence-corrected chi connectivity index (χ4v) is 6.82. The Labute approximate surface area is 235 Å². The molecule has 1 aromatic heterocycles. The Morgan fingerprint density at radius 1 is 1.07 bits per heavy atom. The van der Waals surface area contributed by atoms with Gasteiger partial charge >= 0.3 is 6.18 Å². The van der Waals surface area contributed by atoms with Crippen LogP contribution >= 0.6 is 23.2 Å². The third-order valence-electron chi connectivity index (χ3n) is 8.47. The molecule has 0 spiro atoms. The summed E-state index contributed by atoms with van der Waals surface area (Å²) < 4.78 is 68.5. The predicted molar refractivity (Wildman–Crippen MR) is 134 cm³/mol. The van der Waals surface area contributed by atoms with Crippen molar-refractivity contribution in [3.63, 3.8) is 0 Å². The van der Waals surface area contributed by atoms with E-state index in [1.807, 2.05) is 0 Å². The van der Waals surface area contributed by atoms with Gasteiger partial charge in [-0.1, -0.05) is 23.2 Å². The van der Waals surface area contributed by atoms with Gasteiger partial charge in [0.25, 0.3) is 5.91 Å². The van der Waals surface area contributed by atoms with E-state index < -0.39 is 70.4 Å². The molecule has 3 N–H and O–H groups in total. The molecule has 216 valence electrons. The van der Waals surface area contributed by atoms with Crippen LogP contribution in [-0.2, 0) is 11.0 Å². The maximum absolute atomic E-state index is 15.2. The van der Waals surface area contributed by atoms with Crippen molar-refractivity contribution in [3.05, 3.63) is 57.3 Å². The number of carbonyl (C=O) groups is 2. The van der Waals surface area contributed by atoms with E-state index >= 15 is 8.78 Å². The quantitative estimate of drug-likeness (QED) is 0.304. The molecule has 7 nitrogen and oxygen atoms in total. The van der Waals surface area contributed by atoms with Gasteiger partial charge in [-0.15, -0.1) is 0 Å². The largest absolute Gasteiger partial charge is 0.434 e. The van der Waals surface area contributed by atoms with Crippen LogP contribution in [0.3, 0.4) is 0 Å². The summed E-state index contributed by atoms with van der Waals surface area (Å²) in [6.45, 7) is 0. The molecule has 14 heteroatoms. The Hall–Kier alpha value is -2.57. The standard InChI is InChI=1S/C26H25Cl2F5N4O3/c27-13-1-2-14(29)19(20(13)28)21(24-3-5-25(30,11-24)6-4-24)37-22(39)12-7-15(17(38)8-12)36-23(40)16-9-35-18(10-34-16)26(31,32)33/h1-2,9-10,12,15,17,21,38H,3-8,11H2,(H,36,40)(H,37,39)/t12-,15-,17+,21+,24?,25?/m0/s1. The number of aliphatic hydroxyl groups is 1. The van der Waals surface area contributed by atoms with Crippen LogP contribution in [0, 0.1) is 17.2 Å². The van der Waals surface area contributed by atoms with Crippen LogP contribution in [0.1, 0.15) is 72.7 Å². The van der Waals surface area contributed by atoms with Gasteiger partial charge in [-0.25, -0.2) is 18.7 Å². The summed E-state index contributed by atoms with van der Waals surface area (Å²) in [5.41, 5.74) is -3.84. The fraction of sp³-hybridized carbons (Fsp3) is 0.538. The number of alkyl halides is 4. The highest BCUT2D eigenvalue weighted by atomic mass is 35.5. The van der Waals surface area contributed by atoms with Gasteiger partial charge in [-0.3, -0.25) is 9.59 Å². The lowest BCUT2D eigenvalue weighted by Gasteiger charge is -2.38. The average Bonchev–Trinajstić information content (AvgIpc) is 3.56. The van der Waals surface area contributed by atoms with E-state index in [9.17, 15) is 27.9 Å². The highest BCUT2D eigenvalue weighted by Crippen LogP contribution is 2.64. The topological polar surface area (TPSA) is 104 Å². The van der Waals surface area contributed by atoms with Crippen LogP contribution in [0.25, 0.3) is 0 Å². The molecule has 2 bridgehead atoms. The first-order valence-corrected chi connectivity index (χ1v) is 13.5. The molecule has 40 heavy (non-hydrogen) atoms. The maximum atomic E-state index is 15.2. The molecule has 3 aliphatic carbocycles. The van der Waals surface area contributed by atoms with E-state index in [1.165, 1.54) is 6.07 Å². The smallest absolute Gasteiger partial charge is 0.391 e. The number of nitrogens with one attached hydrogen (secondary N) is 2. The summed E-state index contributed by atoms with van der Waals surface area (Å²) in [6.07, 6.45) is -3.31. The minimum atomic E-state index is -4.72. The maximum Gasteiger partial charge on any atom is 0.434 e. The van der Waals surface area contributed by atoms with E-state index in [-0.39, 0.29) is 47.7 Å². The zero-order valence-corrected chi connectivity index (χ0v) is 22.4. The summed E-state index contributed by atoms with van der Waals surface area (Å²) in [6, 6.07) is 0.552. The molecule has 0 saturated heterocycles. The molecule has 0 aliphatic heterocycles. The van der Waals surface area contributed by atoms with Gasteiger partial charge in [0.05, 0.1) is 40.6 Å². The van der Waals surface area contributed by atoms with Crippen molar-refractivity contribution in [1.29, 1.82) is 0 Å². The third kappa shape index (κ3) is 5.37. The summed E-state index contributed by atoms with van der Waals surface area (Å²) in [4.78, 5) is 32.7. The van der Waals surface area contributed by atoms with Gasteiger partial charge in [0, 0.05) is 11.5 Å². The number of halogens is 7. The summed E-state index contributed by atoms with van der Waals surface area (Å²) >= 11 is 12.6. The number of rotatable bonds is 6. The van der Waals surface area contributed by atoms with Crippen LogP contribution in [0.15, 0.2) is 24.5 Å². The van der Waals surface area contributed by atoms with E-state index in [4.69, 9.17) is 23.2 Å². The van der Waals surface area contributed by atoms with E-state index in [2.05, 4.69) is 20.6 Å². The molecule has 3 saturated carbocycles. The highest BCUT2D eigenvalue weighted by Gasteiger charge is 2.59. The second-order valence-corrected chi connectivity index (χ2v) is 11.8. The lowest BCUT2D eigenvalue weighted by atomic mass is 9.74. The monoisotopic (exact) mass is 606 g/mol. The zero-order valence-electron chi connectivity index (χ0n) is 20.9. The summed E-state index contributed by atoms with van der Waals surface area (Å²) in [7, 11) is 0. The molecule has 1 heterocycles. The molecule has 1 aromatic carbocycles. The molecule has 2 aromatic rings. The van der Waals surface area contributed by atoms with Crippen LogP contribution in [-0.4, -0.2) is 44.7 Å². The van der Waals surface area contributed by atoms with Crippen molar-refractivity contribution in [1.82, 2.24) is 20.6 Å². The van der Waals surface area contributed by atoms with Crippen molar-refractivity contribution >= 4 is 35.0 Å². The number of carbonyl (C=O) groups excluding carboxylic acids is 2. The Kier molecular flexibility index (Phi) is 7.50. The van der Waals surface area contributed by atoms with Gasteiger partial charge in [-0.05, 0) is 62.5 Å². The molecule has 2 amide bonds. The van der Waals surface area contributed by atoms with Crippen molar-refractivity contribution in [2.24, 2.45) is 11.3 Å². The molecular weight excluding hydrogens is 582 g/mol. The molecule has 0 radical (unpaired) electrons. The number of aromatic nitrogens is 2. The first-order chi connectivity index (χ1) is 18.7. The minimum absolute atomic E-state index is 0.00860. The summed E-state index contributed by atoms with van der Waals surface area (Å²) in [5.74, 6) is -2.90. The number of nitrogens with zero attached hydrogens (tertiary/aromatic N) is 2. The van der Waals surface area contributed by atoms with E-state index in [0.29, 0.717) is 25.2 Å². The Morgan fingerprint density at radius 2 is 1.77 bits per heavy atom. The first-order valence-electron chi connectivity index (χ1n) is 12.7. The second-order valence-electron chi connectivity index (χ2n) is 11.0. The predicted octanol–water partition coefficient (Wildman–Crippen LogP) is 5.34. The minimum Gasteiger partial charge on any atom is -0.391 e. The number of hydrogen-bond acceptors (Lipinski definition) is 5. The molecule has 4 atom stereocenters. The van der Waals surface area contributed by atoms with Crippen LogP contribution in [0.5, 0.6) is 0 Å². The van der Waals surface area contributed by atoms with E-state index in [0.717, 1.165) is 6.07 Å². The number of hydrogen-bond donors (Lipinski definition) is 3. The SMILES string of the molecule is O=C(N[C@H]1C[C@H](C(=O)N[C@H](c2c(F)ccc(Cl)c2Cl)C23CCC(F)(CC2)C3)C[C@H]1O)c1cnc(C(F)(F)F)cn1. The molecule has 3 fully saturated rings. The lowest BCUT2D eigenvalue weighted by molar-refractivity contribution is -0.141. The van der Waals surface area contributed by atoms with E-state index in [1.54, 1.807) is 0 Å². The zero-order chi connectivity index (χ0) is 29.0. The Bertz CT molecular complexity index is 1320. The molecule has 0 unspecified atom stereocenters. The number of fused-ring (bicyclic) bond motifs is 2. The van der Waals surface area contributed by atoms with Gasteiger partial charge in [-0.2, -0.15) is 13.2 Å². The summed E-state index contributed by atoms with van der Waals surface area (Å²) in [5, 5.41) is 15.9. The van der Waals surface area contributed by atoms with Gasteiger partial charge < -0.3 is 15.7 Å². The van der Waals surface area contributed by atoms with Crippen molar-refractivity contribution in [2.75, 3.05) is 0 Å². The first kappa shape index (κ1) is 28.9. The second kappa shape index (κ2) is 10.4. The van der Waals surface area contributed by atoms with Crippen LogP contribution in [0.2, 0.25) is 10.0 Å². The van der Waals surface area contributed by atoms with Gasteiger partial charge in [0.2, 0.25) is 5.91 Å². The molecule has 3 aliphatic rings. The van der Waals surface area contributed by atoms with Crippen LogP contribution < -0.4 is 10.6 Å². The van der Waals surface area contributed by atoms with Gasteiger partial charge in [0.15, 0.2) is 5.69 Å². The molecule has 5 rings (SSSR count). The Morgan fingerprint density at radius 3 is 2.35 bits per heavy atom. The lowest BCUT2D eigenvalue weighted by Crippen LogP contribution is -2.42. The third-order valence-corrected chi connectivity index (χ3v) is 9.29. The van der Waals surface area contributed by atoms with Crippen molar-refractivity contribution < 1.29 is 36.6 Å². The number of benzene rings is 1. The number of aliphatic hydroxyl groups excluding tert-OH is 1. The highest BCUT2D eigenvalue weighted by molar-refractivity contribution is 6.42. The Balaban J connectivity index is 1.32. The number of amides is 2. The molecular formula is C26H25Cl2F5N4O3. The fourth-order valence-electron chi connectivity index (χ4n) is 6.39.